The number of hydrogen-bond donors (Lipinski definition) is 0. The fourth-order valence-corrected chi connectivity index (χ4v) is 3.94. The smallest absolute Gasteiger partial charge is 0.0587 e. The monoisotopic (exact) mass is 396 g/mol. The van der Waals surface area contributed by atoms with Gasteiger partial charge >= 0.3 is 0 Å². The van der Waals surface area contributed by atoms with Crippen LogP contribution in [0.1, 0.15) is 56.2 Å². The van der Waals surface area contributed by atoms with Crippen molar-refractivity contribution in [3.63, 3.8) is 0 Å². The van der Waals surface area contributed by atoms with E-state index >= 15 is 0 Å². The van der Waals surface area contributed by atoms with Crippen LogP contribution in [0.3, 0.4) is 0 Å². The van der Waals surface area contributed by atoms with Gasteiger partial charge in [-0.25, -0.2) is 0 Å². The van der Waals surface area contributed by atoms with Gasteiger partial charge in [-0.15, -0.1) is 11.6 Å². The van der Waals surface area contributed by atoms with Crippen molar-refractivity contribution >= 4 is 11.6 Å². The Bertz CT molecular complexity index is 720. The zero-order chi connectivity index (χ0) is 20.4. The Morgan fingerprint density at radius 2 is 1.64 bits per heavy atom. The SMILES string of the molecule is CC#N.CCN(CCc1ccccc1)C(C)CCc1ccc(C2CC2Cl)cc1. The number of halogens is 1. The van der Waals surface area contributed by atoms with Crippen molar-refractivity contribution in [2.45, 2.75) is 63.8 Å². The number of likely N-dealkylation sites (N-methyl/N-ethyl adjacent to an activating group) is 1. The third-order valence-corrected chi connectivity index (χ3v) is 6.01. The molecule has 3 atom stereocenters. The summed E-state index contributed by atoms with van der Waals surface area (Å²) in [4.78, 5) is 2.60. The third-order valence-electron chi connectivity index (χ3n) is 5.53. The summed E-state index contributed by atoms with van der Waals surface area (Å²) in [5, 5.41) is 7.69. The second-order valence-electron chi connectivity index (χ2n) is 7.58. The lowest BCUT2D eigenvalue weighted by atomic mass is 10.0. The molecule has 1 fully saturated rings. The van der Waals surface area contributed by atoms with Crippen molar-refractivity contribution in [2.24, 2.45) is 0 Å². The fraction of sp³-hybridized carbons (Fsp3) is 0.480. The molecule has 0 amide bonds. The Hall–Kier alpha value is -1.82. The minimum absolute atomic E-state index is 0.369. The van der Waals surface area contributed by atoms with Crippen molar-refractivity contribution in [2.75, 3.05) is 13.1 Å². The van der Waals surface area contributed by atoms with Crippen molar-refractivity contribution in [3.8, 4) is 6.07 Å². The van der Waals surface area contributed by atoms with E-state index in [2.05, 4.69) is 73.3 Å². The van der Waals surface area contributed by atoms with Crippen LogP contribution in [0.25, 0.3) is 0 Å². The van der Waals surface area contributed by atoms with E-state index in [1.807, 2.05) is 0 Å². The summed E-state index contributed by atoms with van der Waals surface area (Å²) >= 11 is 6.15. The topological polar surface area (TPSA) is 27.0 Å². The van der Waals surface area contributed by atoms with Crippen LogP contribution in [-0.4, -0.2) is 29.4 Å². The molecule has 150 valence electrons. The molecule has 0 aliphatic heterocycles. The van der Waals surface area contributed by atoms with Gasteiger partial charge in [0.1, 0.15) is 0 Å². The summed E-state index contributed by atoms with van der Waals surface area (Å²) in [6.07, 6.45) is 4.64. The van der Waals surface area contributed by atoms with Crippen LogP contribution in [-0.2, 0) is 12.8 Å². The van der Waals surface area contributed by atoms with Gasteiger partial charge in [-0.2, -0.15) is 5.26 Å². The first-order chi connectivity index (χ1) is 13.6. The van der Waals surface area contributed by atoms with Crippen LogP contribution in [0.2, 0.25) is 0 Å². The quantitative estimate of drug-likeness (QED) is 0.472. The molecule has 1 saturated carbocycles. The standard InChI is InChI=1S/C23H30ClN.C2H3N/c1-3-25(16-15-19-7-5-4-6-8-19)18(2)9-10-20-11-13-21(14-12-20)22-17-23(22)24;1-2-3/h4-8,11-14,18,22-23H,3,9-10,15-17H2,1-2H3;1H3. The van der Waals surface area contributed by atoms with Crippen LogP contribution in [0.5, 0.6) is 0 Å². The van der Waals surface area contributed by atoms with Gasteiger partial charge < -0.3 is 4.90 Å². The second-order valence-corrected chi connectivity index (χ2v) is 8.14. The van der Waals surface area contributed by atoms with Crippen molar-refractivity contribution in [3.05, 3.63) is 71.3 Å². The fourth-order valence-electron chi connectivity index (χ4n) is 3.61. The zero-order valence-electron chi connectivity index (χ0n) is 17.4. The van der Waals surface area contributed by atoms with Gasteiger partial charge in [-0.05, 0) is 55.8 Å². The van der Waals surface area contributed by atoms with Crippen molar-refractivity contribution in [1.29, 1.82) is 5.26 Å². The predicted molar refractivity (Wildman–Crippen MR) is 120 cm³/mol. The van der Waals surface area contributed by atoms with Crippen molar-refractivity contribution < 1.29 is 0 Å². The summed E-state index contributed by atoms with van der Waals surface area (Å²) in [6.45, 7) is 8.32. The molecule has 0 aromatic heterocycles. The lowest BCUT2D eigenvalue weighted by Crippen LogP contribution is -2.35. The lowest BCUT2D eigenvalue weighted by molar-refractivity contribution is 0.212. The molecule has 0 bridgehead atoms. The van der Waals surface area contributed by atoms with Gasteiger partial charge in [-0.3, -0.25) is 0 Å². The second kappa shape index (κ2) is 11.9. The number of benzene rings is 2. The molecule has 0 N–H and O–H groups in total. The Morgan fingerprint density at radius 1 is 1.07 bits per heavy atom. The summed E-state index contributed by atoms with van der Waals surface area (Å²) in [5.74, 6) is 0.600. The van der Waals surface area contributed by atoms with Gasteiger partial charge in [0, 0.05) is 30.8 Å². The average Bonchev–Trinajstić information content (AvgIpc) is 3.45. The molecular weight excluding hydrogens is 364 g/mol. The summed E-state index contributed by atoms with van der Waals surface area (Å²) in [6, 6.07) is 22.3. The minimum atomic E-state index is 0.369. The average molecular weight is 397 g/mol. The maximum Gasteiger partial charge on any atom is 0.0587 e. The van der Waals surface area contributed by atoms with Gasteiger partial charge in [0.25, 0.3) is 0 Å². The number of alkyl halides is 1. The lowest BCUT2D eigenvalue weighted by Gasteiger charge is -2.28. The first-order valence-corrected chi connectivity index (χ1v) is 10.8. The molecule has 1 aliphatic carbocycles. The third kappa shape index (κ3) is 7.30. The highest BCUT2D eigenvalue weighted by atomic mass is 35.5. The normalized spacial score (nSPS) is 18.7. The van der Waals surface area contributed by atoms with Crippen LogP contribution in [0, 0.1) is 11.3 Å². The van der Waals surface area contributed by atoms with E-state index in [0.717, 1.165) is 32.4 Å². The Labute approximate surface area is 176 Å². The highest BCUT2D eigenvalue weighted by Gasteiger charge is 2.36. The maximum absolute atomic E-state index is 7.32. The van der Waals surface area contributed by atoms with Crippen LogP contribution >= 0.6 is 11.6 Å². The molecule has 2 nitrogen and oxygen atoms in total. The van der Waals surface area contributed by atoms with Gasteiger partial charge in [0.05, 0.1) is 6.07 Å². The van der Waals surface area contributed by atoms with E-state index in [-0.39, 0.29) is 0 Å². The molecule has 1 aliphatic rings. The van der Waals surface area contributed by atoms with E-state index in [9.17, 15) is 0 Å². The summed E-state index contributed by atoms with van der Waals surface area (Å²) in [7, 11) is 0. The molecule has 28 heavy (non-hydrogen) atoms. The number of hydrogen-bond acceptors (Lipinski definition) is 2. The largest absolute Gasteiger partial charge is 0.301 e. The Morgan fingerprint density at radius 3 is 2.18 bits per heavy atom. The molecule has 2 aromatic rings. The van der Waals surface area contributed by atoms with E-state index in [4.69, 9.17) is 16.9 Å². The summed E-state index contributed by atoms with van der Waals surface area (Å²) < 4.78 is 0. The van der Waals surface area contributed by atoms with E-state index in [0.29, 0.717) is 17.3 Å². The highest BCUT2D eigenvalue weighted by molar-refractivity contribution is 6.23. The minimum Gasteiger partial charge on any atom is -0.301 e. The maximum atomic E-state index is 7.32. The van der Waals surface area contributed by atoms with E-state index in [1.165, 1.54) is 30.0 Å². The zero-order valence-corrected chi connectivity index (χ0v) is 18.2. The number of nitrogens with zero attached hydrogens (tertiary/aromatic N) is 2. The molecule has 0 heterocycles. The molecular formula is C25H33ClN2. The summed E-state index contributed by atoms with van der Waals surface area (Å²) in [5.41, 5.74) is 4.29. The molecule has 3 rings (SSSR count). The highest BCUT2D eigenvalue weighted by Crippen LogP contribution is 2.45. The Kier molecular flexibility index (Phi) is 9.55. The van der Waals surface area contributed by atoms with Gasteiger partial charge in [-0.1, -0.05) is 61.5 Å². The van der Waals surface area contributed by atoms with Crippen LogP contribution < -0.4 is 0 Å². The number of nitriles is 1. The van der Waals surface area contributed by atoms with Crippen molar-refractivity contribution in [1.82, 2.24) is 4.90 Å². The van der Waals surface area contributed by atoms with Crippen LogP contribution in [0.15, 0.2) is 54.6 Å². The van der Waals surface area contributed by atoms with E-state index in [1.54, 1.807) is 6.07 Å². The Balaban J connectivity index is 0.000000878. The van der Waals surface area contributed by atoms with E-state index < -0.39 is 0 Å². The number of aryl methyl sites for hydroxylation is 1. The molecule has 3 heteroatoms. The molecule has 0 radical (unpaired) electrons. The van der Waals surface area contributed by atoms with Gasteiger partial charge in [0.2, 0.25) is 0 Å². The van der Waals surface area contributed by atoms with Gasteiger partial charge in [0.15, 0.2) is 0 Å². The molecule has 0 saturated heterocycles. The molecule has 2 aromatic carbocycles. The number of rotatable bonds is 9. The molecule has 3 unspecified atom stereocenters. The molecule has 0 spiro atoms. The predicted octanol–water partition coefficient (Wildman–Crippen LogP) is 6.20. The first-order valence-electron chi connectivity index (χ1n) is 10.4. The first kappa shape index (κ1) is 22.5. The van der Waals surface area contributed by atoms with Crippen LogP contribution in [0.4, 0.5) is 0 Å².